The molecule has 2 nitrogen and oxygen atoms in total. The fourth-order valence-corrected chi connectivity index (χ4v) is 2.82. The lowest BCUT2D eigenvalue weighted by atomic mass is 9.98. The van der Waals surface area contributed by atoms with Crippen molar-refractivity contribution in [3.8, 4) is 11.5 Å². The van der Waals surface area contributed by atoms with Crippen LogP contribution >= 0.6 is 0 Å². The van der Waals surface area contributed by atoms with E-state index in [4.69, 9.17) is 4.74 Å². The molecule has 1 heterocycles. The number of aliphatic hydroxyl groups is 1. The van der Waals surface area contributed by atoms with E-state index in [1.807, 2.05) is 12.1 Å². The van der Waals surface area contributed by atoms with Gasteiger partial charge in [-0.1, -0.05) is 32.0 Å². The summed E-state index contributed by atoms with van der Waals surface area (Å²) in [5.74, 6) is 3.03. The summed E-state index contributed by atoms with van der Waals surface area (Å²) < 4.78 is 5.45. The van der Waals surface area contributed by atoms with Crippen LogP contribution in [0.3, 0.4) is 0 Å². The molecule has 102 valence electrons. The second-order valence-corrected chi connectivity index (χ2v) is 10.6. The Labute approximate surface area is 116 Å². The van der Waals surface area contributed by atoms with Crippen LogP contribution in [-0.2, 0) is 18.0 Å². The number of ether oxygens (including phenoxy) is 1. The third kappa shape index (κ3) is 3.27. The largest absolute Gasteiger partial charge is 0.376 e. The lowest BCUT2D eigenvalue weighted by Crippen LogP contribution is -2.21. The van der Waals surface area contributed by atoms with Crippen molar-refractivity contribution < 1.29 is 9.84 Å². The maximum atomic E-state index is 10.2. The number of rotatable bonds is 2. The van der Waals surface area contributed by atoms with Crippen molar-refractivity contribution in [2.24, 2.45) is 0 Å². The summed E-state index contributed by atoms with van der Waals surface area (Å²) in [7, 11) is -1.45. The van der Waals surface area contributed by atoms with Gasteiger partial charge in [0.05, 0.1) is 13.2 Å². The molecule has 2 rings (SSSR count). The molecule has 0 spiro atoms. The molecule has 0 bridgehead atoms. The number of benzene rings is 1. The zero-order chi connectivity index (χ0) is 14.0. The van der Waals surface area contributed by atoms with E-state index in [-0.39, 0.29) is 0 Å². The van der Waals surface area contributed by atoms with Gasteiger partial charge in [-0.15, -0.1) is 5.54 Å². The Morgan fingerprint density at radius 2 is 2.11 bits per heavy atom. The molecule has 0 aliphatic carbocycles. The van der Waals surface area contributed by atoms with Gasteiger partial charge in [0, 0.05) is 0 Å². The van der Waals surface area contributed by atoms with Gasteiger partial charge in [-0.2, -0.15) is 0 Å². The van der Waals surface area contributed by atoms with Crippen LogP contribution in [-0.4, -0.2) is 13.2 Å². The first-order valence-electron chi connectivity index (χ1n) is 6.84. The van der Waals surface area contributed by atoms with Crippen LogP contribution in [0.2, 0.25) is 19.1 Å². The van der Waals surface area contributed by atoms with Gasteiger partial charge in [0.25, 0.3) is 0 Å². The molecule has 1 N–H and O–H groups in total. The second kappa shape index (κ2) is 5.50. The third-order valence-corrected chi connectivity index (χ3v) is 6.43. The van der Waals surface area contributed by atoms with Gasteiger partial charge in [0.2, 0.25) is 0 Å². The molecule has 1 aromatic carbocycles. The minimum atomic E-state index is -1.45. The number of aryl methyl sites for hydroxylation is 1. The molecule has 1 aliphatic rings. The SMILES string of the molecule is CC[Si](C)(C)C#CC(O)c1cc(C)c2c(c1)COC2. The van der Waals surface area contributed by atoms with Crippen molar-refractivity contribution in [1.82, 2.24) is 0 Å². The molecular weight excluding hydrogens is 252 g/mol. The van der Waals surface area contributed by atoms with Crippen LogP contribution in [0.1, 0.15) is 35.3 Å². The Morgan fingerprint density at radius 1 is 1.37 bits per heavy atom. The predicted octanol–water partition coefficient (Wildman–Crippen LogP) is 3.33. The molecular formula is C16H22O2Si. The van der Waals surface area contributed by atoms with Crippen LogP contribution in [0, 0.1) is 18.4 Å². The van der Waals surface area contributed by atoms with E-state index in [9.17, 15) is 5.11 Å². The summed E-state index contributed by atoms with van der Waals surface area (Å²) in [6.45, 7) is 10.0. The van der Waals surface area contributed by atoms with E-state index >= 15 is 0 Å². The van der Waals surface area contributed by atoms with Crippen molar-refractivity contribution in [3.63, 3.8) is 0 Å². The van der Waals surface area contributed by atoms with Crippen LogP contribution in [0.25, 0.3) is 0 Å². The number of aliphatic hydroxyl groups excluding tert-OH is 1. The molecule has 19 heavy (non-hydrogen) atoms. The van der Waals surface area contributed by atoms with E-state index < -0.39 is 14.2 Å². The fourth-order valence-electron chi connectivity index (χ4n) is 2.11. The standard InChI is InChI=1S/C16H22O2Si/c1-5-19(3,4)7-6-16(17)13-8-12(2)15-11-18-10-14(15)9-13/h8-9,16-17H,5,10-11H2,1-4H3. The monoisotopic (exact) mass is 274 g/mol. The maximum absolute atomic E-state index is 10.2. The normalized spacial score (nSPS) is 15.6. The quantitative estimate of drug-likeness (QED) is 0.662. The summed E-state index contributed by atoms with van der Waals surface area (Å²) in [4.78, 5) is 0. The van der Waals surface area contributed by atoms with Gasteiger partial charge in [-0.05, 0) is 41.3 Å². The van der Waals surface area contributed by atoms with Crippen molar-refractivity contribution in [2.75, 3.05) is 0 Å². The minimum absolute atomic E-state index is 0.652. The van der Waals surface area contributed by atoms with Gasteiger partial charge >= 0.3 is 0 Å². The molecule has 1 unspecified atom stereocenters. The van der Waals surface area contributed by atoms with Crippen LogP contribution in [0.15, 0.2) is 12.1 Å². The Morgan fingerprint density at radius 3 is 2.79 bits per heavy atom. The Hall–Kier alpha value is -1.08. The first kappa shape index (κ1) is 14.3. The lowest BCUT2D eigenvalue weighted by Gasteiger charge is -2.12. The van der Waals surface area contributed by atoms with Gasteiger partial charge < -0.3 is 9.84 Å². The highest BCUT2D eigenvalue weighted by molar-refractivity contribution is 6.85. The highest BCUT2D eigenvalue weighted by Gasteiger charge is 2.18. The van der Waals surface area contributed by atoms with Gasteiger partial charge in [-0.25, -0.2) is 0 Å². The zero-order valence-corrected chi connectivity index (χ0v) is 13.2. The van der Waals surface area contributed by atoms with Crippen molar-refractivity contribution in [2.45, 2.75) is 52.3 Å². The van der Waals surface area contributed by atoms with Crippen molar-refractivity contribution >= 4 is 8.07 Å². The first-order valence-corrected chi connectivity index (χ1v) is 10.0. The third-order valence-electron chi connectivity index (χ3n) is 3.84. The fraction of sp³-hybridized carbons (Fsp3) is 0.500. The summed E-state index contributed by atoms with van der Waals surface area (Å²) >= 11 is 0. The molecule has 0 amide bonds. The molecule has 0 radical (unpaired) electrons. The Kier molecular flexibility index (Phi) is 4.15. The summed E-state index contributed by atoms with van der Waals surface area (Å²) in [5.41, 5.74) is 7.86. The molecule has 0 saturated carbocycles. The second-order valence-electron chi connectivity index (χ2n) is 5.88. The number of fused-ring (bicyclic) bond motifs is 1. The smallest absolute Gasteiger partial charge is 0.139 e. The molecule has 0 saturated heterocycles. The number of hydrogen-bond acceptors (Lipinski definition) is 2. The minimum Gasteiger partial charge on any atom is -0.376 e. The van der Waals surface area contributed by atoms with Gasteiger partial charge in [0.1, 0.15) is 14.2 Å². The van der Waals surface area contributed by atoms with Crippen LogP contribution in [0.5, 0.6) is 0 Å². The van der Waals surface area contributed by atoms with E-state index in [1.54, 1.807) is 0 Å². The average molecular weight is 274 g/mol. The molecule has 1 aliphatic heterocycles. The lowest BCUT2D eigenvalue weighted by molar-refractivity contribution is 0.134. The first-order chi connectivity index (χ1) is 8.93. The summed E-state index contributed by atoms with van der Waals surface area (Å²) in [5, 5.41) is 10.2. The van der Waals surface area contributed by atoms with E-state index in [2.05, 4.69) is 38.4 Å². The van der Waals surface area contributed by atoms with E-state index in [0.717, 1.165) is 11.6 Å². The number of hydrogen-bond donors (Lipinski definition) is 1. The summed E-state index contributed by atoms with van der Waals surface area (Å²) in [6, 6.07) is 5.19. The molecule has 1 aromatic rings. The molecule has 0 fully saturated rings. The molecule has 0 aromatic heterocycles. The molecule has 1 atom stereocenters. The average Bonchev–Trinajstić information content (AvgIpc) is 2.85. The van der Waals surface area contributed by atoms with Gasteiger partial charge in [0.15, 0.2) is 0 Å². The van der Waals surface area contributed by atoms with E-state index in [0.29, 0.717) is 13.2 Å². The Balaban J connectivity index is 2.25. The predicted molar refractivity (Wildman–Crippen MR) is 80.4 cm³/mol. The summed E-state index contributed by atoms with van der Waals surface area (Å²) in [6.07, 6.45) is -0.678. The zero-order valence-electron chi connectivity index (χ0n) is 12.2. The van der Waals surface area contributed by atoms with Crippen molar-refractivity contribution in [1.29, 1.82) is 0 Å². The van der Waals surface area contributed by atoms with Crippen LogP contribution in [0.4, 0.5) is 0 Å². The highest BCUT2D eigenvalue weighted by atomic mass is 28.3. The van der Waals surface area contributed by atoms with Crippen molar-refractivity contribution in [3.05, 3.63) is 34.4 Å². The maximum Gasteiger partial charge on any atom is 0.139 e. The highest BCUT2D eigenvalue weighted by Crippen LogP contribution is 2.27. The topological polar surface area (TPSA) is 29.5 Å². The van der Waals surface area contributed by atoms with Gasteiger partial charge in [-0.3, -0.25) is 0 Å². The Bertz CT molecular complexity index is 538. The van der Waals surface area contributed by atoms with E-state index in [1.165, 1.54) is 16.7 Å². The van der Waals surface area contributed by atoms with Crippen LogP contribution < -0.4 is 0 Å². The molecule has 3 heteroatoms.